The highest BCUT2D eigenvalue weighted by Gasteiger charge is 2.48. The van der Waals surface area contributed by atoms with Crippen LogP contribution < -0.4 is 10.6 Å². The van der Waals surface area contributed by atoms with Gasteiger partial charge >= 0.3 is 6.09 Å². The number of aromatic nitrogens is 2. The predicted molar refractivity (Wildman–Crippen MR) is 134 cm³/mol. The summed E-state index contributed by atoms with van der Waals surface area (Å²) >= 11 is 0. The number of hydrogen-bond donors (Lipinski definition) is 3. The minimum Gasteiger partial charge on any atom is -0.433 e. The fourth-order valence-corrected chi connectivity index (χ4v) is 7.10. The average Bonchev–Trinajstić information content (AvgIpc) is 3.27. The van der Waals surface area contributed by atoms with Crippen LogP contribution in [0.4, 0.5) is 10.5 Å². The summed E-state index contributed by atoms with van der Waals surface area (Å²) in [6, 6.07) is 15.2. The zero-order chi connectivity index (χ0) is 23.9. The predicted octanol–water partition coefficient (Wildman–Crippen LogP) is 5.41. The molecular formula is C28H32N4O3. The molecule has 0 spiro atoms. The first kappa shape index (κ1) is 22.1. The van der Waals surface area contributed by atoms with E-state index in [0.29, 0.717) is 18.2 Å². The van der Waals surface area contributed by atoms with Crippen LogP contribution in [0.3, 0.4) is 0 Å². The molecule has 7 nitrogen and oxygen atoms in total. The van der Waals surface area contributed by atoms with Crippen LogP contribution in [0.25, 0.3) is 11.0 Å². The number of benzene rings is 2. The number of hydrogen-bond acceptors (Lipinski definition) is 4. The van der Waals surface area contributed by atoms with Gasteiger partial charge in [-0.3, -0.25) is 4.79 Å². The Labute approximate surface area is 205 Å². The van der Waals surface area contributed by atoms with E-state index in [1.165, 1.54) is 39.2 Å². The second-order valence-electron chi connectivity index (χ2n) is 10.6. The molecule has 4 aliphatic rings. The molecule has 4 saturated carbocycles. The SMILES string of the molecule is CNC(=O)O[C@H](c1ccccc1)c1nc2ccc(NC(=O)CC3C4CC5CC(C4)CC3C5)cc2[nH]1. The molecule has 0 aliphatic heterocycles. The number of aromatic amines is 1. The number of nitrogens with one attached hydrogen (secondary N) is 3. The summed E-state index contributed by atoms with van der Waals surface area (Å²) < 4.78 is 5.61. The van der Waals surface area contributed by atoms with Crippen LogP contribution in [0.2, 0.25) is 0 Å². The van der Waals surface area contributed by atoms with Gasteiger partial charge in [0.25, 0.3) is 0 Å². The largest absolute Gasteiger partial charge is 0.433 e. The van der Waals surface area contributed by atoms with Crippen molar-refractivity contribution in [3.05, 3.63) is 59.9 Å². The molecule has 2 amide bonds. The summed E-state index contributed by atoms with van der Waals surface area (Å²) in [5.41, 5.74) is 3.11. The Kier molecular flexibility index (Phi) is 5.71. The van der Waals surface area contributed by atoms with Gasteiger partial charge in [0, 0.05) is 24.7 Å². The highest BCUT2D eigenvalue weighted by Crippen LogP contribution is 2.57. The number of fused-ring (bicyclic) bond motifs is 1. The van der Waals surface area contributed by atoms with Gasteiger partial charge in [0.2, 0.25) is 5.91 Å². The summed E-state index contributed by atoms with van der Waals surface area (Å²) in [4.78, 5) is 32.9. The average molecular weight is 473 g/mol. The Hall–Kier alpha value is -3.35. The van der Waals surface area contributed by atoms with Crippen molar-refractivity contribution in [3.8, 4) is 0 Å². The van der Waals surface area contributed by atoms with Gasteiger partial charge in [-0.1, -0.05) is 30.3 Å². The maximum Gasteiger partial charge on any atom is 0.407 e. The number of ether oxygens (including phenoxy) is 1. The first-order valence-electron chi connectivity index (χ1n) is 12.8. The maximum atomic E-state index is 13.0. The zero-order valence-electron chi connectivity index (χ0n) is 20.0. The van der Waals surface area contributed by atoms with E-state index >= 15 is 0 Å². The number of alkyl carbamates (subject to hydrolysis) is 1. The van der Waals surface area contributed by atoms with Crippen molar-refractivity contribution < 1.29 is 14.3 Å². The fourth-order valence-electron chi connectivity index (χ4n) is 7.10. The smallest absolute Gasteiger partial charge is 0.407 e. The first-order valence-corrected chi connectivity index (χ1v) is 12.8. The monoisotopic (exact) mass is 472 g/mol. The van der Waals surface area contributed by atoms with Gasteiger partial charge in [-0.05, 0) is 79.9 Å². The molecule has 0 saturated heterocycles. The van der Waals surface area contributed by atoms with E-state index in [1.807, 2.05) is 48.5 Å². The lowest BCUT2D eigenvalue weighted by Gasteiger charge is -2.54. The minimum atomic E-state index is -0.668. The number of amides is 2. The van der Waals surface area contributed by atoms with E-state index < -0.39 is 12.2 Å². The Bertz CT molecular complexity index is 1210. The fraction of sp³-hybridized carbons (Fsp3) is 0.464. The number of H-pyrrole nitrogens is 1. The molecule has 1 heterocycles. The first-order chi connectivity index (χ1) is 17.1. The lowest BCUT2D eigenvalue weighted by molar-refractivity contribution is -0.121. The molecule has 7 heteroatoms. The standard InChI is InChI=1S/C28H32N4O3/c1-29-28(34)35-26(18-5-3-2-4-6-18)27-31-23-8-7-21(14-24(23)32-27)30-25(33)15-22-19-10-16-9-17(12-19)13-20(22)11-16/h2-8,14,16-17,19-20,22,26H,9-13,15H2,1H3,(H,29,34)(H,30,33)(H,31,32)/t16?,17?,19?,20?,22?,26-/m1/s1. The number of imidazole rings is 1. The van der Waals surface area contributed by atoms with E-state index in [2.05, 4.69) is 20.6 Å². The number of anilines is 1. The van der Waals surface area contributed by atoms with E-state index in [0.717, 1.165) is 46.0 Å². The molecule has 3 N–H and O–H groups in total. The number of rotatable bonds is 6. The van der Waals surface area contributed by atoms with Gasteiger partial charge < -0.3 is 20.4 Å². The second kappa shape index (κ2) is 9.02. The van der Waals surface area contributed by atoms with Gasteiger partial charge in [0.05, 0.1) is 11.0 Å². The third-order valence-electron chi connectivity index (χ3n) is 8.41. The highest BCUT2D eigenvalue weighted by molar-refractivity contribution is 5.93. The summed E-state index contributed by atoms with van der Waals surface area (Å²) in [5.74, 6) is 4.49. The lowest BCUT2D eigenvalue weighted by atomic mass is 9.51. The maximum absolute atomic E-state index is 13.0. The van der Waals surface area contributed by atoms with E-state index in [1.54, 1.807) is 0 Å². The van der Waals surface area contributed by atoms with Crippen LogP contribution in [0.5, 0.6) is 0 Å². The van der Waals surface area contributed by atoms with Crippen LogP contribution in [-0.4, -0.2) is 29.0 Å². The molecule has 3 aromatic rings. The van der Waals surface area contributed by atoms with Crippen LogP contribution in [0, 0.1) is 29.6 Å². The summed E-state index contributed by atoms with van der Waals surface area (Å²) in [6.45, 7) is 0. The Morgan fingerprint density at radius 2 is 1.74 bits per heavy atom. The third-order valence-corrected chi connectivity index (χ3v) is 8.41. The van der Waals surface area contributed by atoms with Gasteiger partial charge in [0.1, 0.15) is 0 Å². The van der Waals surface area contributed by atoms with Crippen molar-refractivity contribution in [1.82, 2.24) is 15.3 Å². The highest BCUT2D eigenvalue weighted by atomic mass is 16.6. The zero-order valence-corrected chi connectivity index (χ0v) is 20.0. The van der Waals surface area contributed by atoms with Crippen molar-refractivity contribution in [1.29, 1.82) is 0 Å². The van der Waals surface area contributed by atoms with Gasteiger partial charge in [-0.25, -0.2) is 9.78 Å². The minimum absolute atomic E-state index is 0.103. The molecule has 1 atom stereocenters. The van der Waals surface area contributed by atoms with Crippen LogP contribution in [0.1, 0.15) is 56.0 Å². The van der Waals surface area contributed by atoms with Crippen molar-refractivity contribution in [2.75, 3.05) is 12.4 Å². The van der Waals surface area contributed by atoms with Crippen molar-refractivity contribution in [2.45, 2.75) is 44.6 Å². The van der Waals surface area contributed by atoms with Crippen molar-refractivity contribution >= 4 is 28.7 Å². The molecule has 182 valence electrons. The summed E-state index contributed by atoms with van der Waals surface area (Å²) in [7, 11) is 1.53. The van der Waals surface area contributed by atoms with E-state index in [4.69, 9.17) is 4.74 Å². The Morgan fingerprint density at radius 1 is 1.03 bits per heavy atom. The molecule has 0 unspecified atom stereocenters. The normalized spacial score (nSPS) is 27.5. The van der Waals surface area contributed by atoms with E-state index in [9.17, 15) is 9.59 Å². The molecule has 2 aromatic carbocycles. The quantitative estimate of drug-likeness (QED) is 0.447. The third kappa shape index (κ3) is 4.40. The van der Waals surface area contributed by atoms with E-state index in [-0.39, 0.29) is 5.91 Å². The van der Waals surface area contributed by atoms with Crippen molar-refractivity contribution in [3.63, 3.8) is 0 Å². The molecule has 35 heavy (non-hydrogen) atoms. The molecule has 0 radical (unpaired) electrons. The summed E-state index contributed by atoms with van der Waals surface area (Å²) in [6.07, 6.45) is 6.16. The molecule has 1 aromatic heterocycles. The number of nitrogens with zero attached hydrogens (tertiary/aromatic N) is 1. The number of carbonyl (C=O) groups is 2. The Balaban J connectivity index is 1.18. The van der Waals surface area contributed by atoms with Crippen LogP contribution >= 0.6 is 0 Å². The van der Waals surface area contributed by atoms with Crippen LogP contribution in [-0.2, 0) is 9.53 Å². The summed E-state index contributed by atoms with van der Waals surface area (Å²) in [5, 5.41) is 5.62. The topological polar surface area (TPSA) is 96.1 Å². The van der Waals surface area contributed by atoms with Crippen molar-refractivity contribution in [2.24, 2.45) is 29.6 Å². The van der Waals surface area contributed by atoms with Gasteiger partial charge in [0.15, 0.2) is 11.9 Å². The molecule has 4 bridgehead atoms. The van der Waals surface area contributed by atoms with Crippen LogP contribution in [0.15, 0.2) is 48.5 Å². The lowest BCUT2D eigenvalue weighted by Crippen LogP contribution is -2.46. The molecule has 4 fully saturated rings. The molecule has 4 aliphatic carbocycles. The second-order valence-corrected chi connectivity index (χ2v) is 10.6. The Morgan fingerprint density at radius 3 is 2.43 bits per heavy atom. The molecule has 7 rings (SSSR count). The number of carbonyl (C=O) groups excluding carboxylic acids is 2. The van der Waals surface area contributed by atoms with Gasteiger partial charge in [-0.15, -0.1) is 0 Å². The molecular weight excluding hydrogens is 440 g/mol. The van der Waals surface area contributed by atoms with Gasteiger partial charge in [-0.2, -0.15) is 0 Å².